The van der Waals surface area contributed by atoms with E-state index in [1.807, 2.05) is 30.3 Å². The molecule has 0 aliphatic carbocycles. The molecule has 0 fully saturated rings. The normalized spacial score (nSPS) is 10.5. The summed E-state index contributed by atoms with van der Waals surface area (Å²) in [6.45, 7) is 3.36. The summed E-state index contributed by atoms with van der Waals surface area (Å²) in [7, 11) is 0. The van der Waals surface area contributed by atoms with Crippen molar-refractivity contribution in [3.63, 3.8) is 0 Å². The third kappa shape index (κ3) is 3.80. The van der Waals surface area contributed by atoms with Gasteiger partial charge in [-0.25, -0.2) is 9.48 Å². The first-order valence-electron chi connectivity index (χ1n) is 5.94. The SMILES string of the molecule is CC(C)OC(=O)COc1ncn(-c2ccccc2)n1. The summed E-state index contributed by atoms with van der Waals surface area (Å²) in [6.07, 6.45) is 1.37. The molecule has 1 heterocycles. The molecule has 0 spiro atoms. The van der Waals surface area contributed by atoms with Crippen LogP contribution in [0.15, 0.2) is 36.7 Å². The van der Waals surface area contributed by atoms with Crippen molar-refractivity contribution < 1.29 is 14.3 Å². The predicted molar refractivity (Wildman–Crippen MR) is 68.1 cm³/mol. The summed E-state index contributed by atoms with van der Waals surface area (Å²) >= 11 is 0. The maximum Gasteiger partial charge on any atom is 0.344 e. The number of carbonyl (C=O) groups is 1. The van der Waals surface area contributed by atoms with Crippen LogP contribution in [-0.4, -0.2) is 33.4 Å². The van der Waals surface area contributed by atoms with Crippen molar-refractivity contribution in [1.29, 1.82) is 0 Å². The van der Waals surface area contributed by atoms with Crippen molar-refractivity contribution in [1.82, 2.24) is 14.8 Å². The van der Waals surface area contributed by atoms with Gasteiger partial charge in [0.1, 0.15) is 6.33 Å². The van der Waals surface area contributed by atoms with E-state index in [4.69, 9.17) is 9.47 Å². The molecule has 0 saturated carbocycles. The molecule has 0 atom stereocenters. The zero-order valence-electron chi connectivity index (χ0n) is 10.8. The van der Waals surface area contributed by atoms with Gasteiger partial charge in [-0.15, -0.1) is 5.10 Å². The third-order valence-corrected chi connectivity index (χ3v) is 2.18. The first-order chi connectivity index (χ1) is 9.15. The van der Waals surface area contributed by atoms with E-state index in [0.717, 1.165) is 5.69 Å². The lowest BCUT2D eigenvalue weighted by Crippen LogP contribution is -2.19. The molecule has 1 aromatic heterocycles. The molecular formula is C13H15N3O3. The van der Waals surface area contributed by atoms with Gasteiger partial charge in [-0.3, -0.25) is 0 Å². The number of hydrogen-bond acceptors (Lipinski definition) is 5. The van der Waals surface area contributed by atoms with Crippen molar-refractivity contribution >= 4 is 5.97 Å². The van der Waals surface area contributed by atoms with E-state index in [1.54, 1.807) is 18.5 Å². The minimum absolute atomic E-state index is 0.143. The van der Waals surface area contributed by atoms with Crippen LogP contribution in [0.2, 0.25) is 0 Å². The average Bonchev–Trinajstić information content (AvgIpc) is 2.85. The largest absolute Gasteiger partial charge is 0.460 e. The molecule has 0 saturated heterocycles. The van der Waals surface area contributed by atoms with E-state index in [1.165, 1.54) is 6.33 Å². The molecule has 6 nitrogen and oxygen atoms in total. The monoisotopic (exact) mass is 261 g/mol. The molecule has 1 aromatic carbocycles. The Kier molecular flexibility index (Phi) is 4.12. The highest BCUT2D eigenvalue weighted by Crippen LogP contribution is 2.08. The molecule has 0 aliphatic rings. The van der Waals surface area contributed by atoms with E-state index in [9.17, 15) is 4.79 Å². The highest BCUT2D eigenvalue weighted by molar-refractivity contribution is 5.71. The van der Waals surface area contributed by atoms with Crippen LogP contribution in [0.5, 0.6) is 6.01 Å². The number of esters is 1. The Morgan fingerprint density at radius 2 is 2.05 bits per heavy atom. The van der Waals surface area contributed by atoms with E-state index >= 15 is 0 Å². The second-order valence-corrected chi connectivity index (χ2v) is 4.13. The molecule has 0 N–H and O–H groups in total. The number of para-hydroxylation sites is 1. The fraction of sp³-hybridized carbons (Fsp3) is 0.308. The molecule has 100 valence electrons. The van der Waals surface area contributed by atoms with E-state index < -0.39 is 5.97 Å². The van der Waals surface area contributed by atoms with Crippen LogP contribution in [0.4, 0.5) is 0 Å². The van der Waals surface area contributed by atoms with Crippen LogP contribution >= 0.6 is 0 Å². The number of carbonyl (C=O) groups excluding carboxylic acids is 1. The Bertz CT molecular complexity index is 537. The lowest BCUT2D eigenvalue weighted by molar-refractivity contribution is -0.149. The highest BCUT2D eigenvalue weighted by atomic mass is 16.6. The Morgan fingerprint density at radius 3 is 2.74 bits per heavy atom. The second kappa shape index (κ2) is 5.99. The van der Waals surface area contributed by atoms with Crippen LogP contribution in [0, 0.1) is 0 Å². The fourth-order valence-electron chi connectivity index (χ4n) is 1.44. The molecule has 0 aliphatic heterocycles. The van der Waals surface area contributed by atoms with Gasteiger partial charge in [-0.2, -0.15) is 4.98 Å². The Labute approximate surface area is 111 Å². The third-order valence-electron chi connectivity index (χ3n) is 2.18. The quantitative estimate of drug-likeness (QED) is 0.765. The topological polar surface area (TPSA) is 66.2 Å². The second-order valence-electron chi connectivity index (χ2n) is 4.13. The Hall–Kier alpha value is -2.37. The number of nitrogens with zero attached hydrogens (tertiary/aromatic N) is 3. The van der Waals surface area contributed by atoms with Gasteiger partial charge in [0, 0.05) is 0 Å². The molecule has 0 amide bonds. The van der Waals surface area contributed by atoms with E-state index in [2.05, 4.69) is 10.1 Å². The molecule has 19 heavy (non-hydrogen) atoms. The minimum atomic E-state index is -0.439. The lowest BCUT2D eigenvalue weighted by atomic mass is 10.3. The smallest absolute Gasteiger partial charge is 0.344 e. The number of benzene rings is 1. The summed E-state index contributed by atoms with van der Waals surface area (Å²) in [4.78, 5) is 15.3. The molecule has 0 radical (unpaired) electrons. The van der Waals surface area contributed by atoms with Gasteiger partial charge in [0.2, 0.25) is 0 Å². The van der Waals surface area contributed by atoms with Crippen LogP contribution in [0.3, 0.4) is 0 Å². The van der Waals surface area contributed by atoms with Crippen LogP contribution in [0.25, 0.3) is 5.69 Å². The summed E-state index contributed by atoms with van der Waals surface area (Å²) in [5.41, 5.74) is 0.870. The minimum Gasteiger partial charge on any atom is -0.460 e. The molecule has 0 bridgehead atoms. The Balaban J connectivity index is 1.93. The molecule has 6 heteroatoms. The van der Waals surface area contributed by atoms with Gasteiger partial charge in [-0.1, -0.05) is 18.2 Å². The summed E-state index contributed by atoms with van der Waals surface area (Å²) < 4.78 is 11.7. The first kappa shape index (κ1) is 13.1. The van der Waals surface area contributed by atoms with Crippen LogP contribution in [-0.2, 0) is 9.53 Å². The van der Waals surface area contributed by atoms with Gasteiger partial charge >= 0.3 is 12.0 Å². The van der Waals surface area contributed by atoms with E-state index in [0.29, 0.717) is 0 Å². The number of aromatic nitrogens is 3. The van der Waals surface area contributed by atoms with Crippen molar-refractivity contribution in [2.24, 2.45) is 0 Å². The van der Waals surface area contributed by atoms with Gasteiger partial charge < -0.3 is 9.47 Å². The summed E-state index contributed by atoms with van der Waals surface area (Å²) in [5.74, 6) is -0.439. The zero-order valence-corrected chi connectivity index (χ0v) is 10.8. The van der Waals surface area contributed by atoms with Gasteiger partial charge in [-0.05, 0) is 26.0 Å². The lowest BCUT2D eigenvalue weighted by Gasteiger charge is -2.07. The average molecular weight is 261 g/mol. The van der Waals surface area contributed by atoms with Gasteiger partial charge in [0.15, 0.2) is 6.61 Å². The maximum absolute atomic E-state index is 11.3. The standard InChI is InChI=1S/C13H15N3O3/c1-10(2)19-12(17)8-18-13-14-9-16(15-13)11-6-4-3-5-7-11/h3-7,9-10H,8H2,1-2H3. The van der Waals surface area contributed by atoms with E-state index in [-0.39, 0.29) is 18.7 Å². The van der Waals surface area contributed by atoms with Crippen LogP contribution in [0.1, 0.15) is 13.8 Å². The van der Waals surface area contributed by atoms with Crippen LogP contribution < -0.4 is 4.74 Å². The van der Waals surface area contributed by atoms with Gasteiger partial charge in [0.05, 0.1) is 11.8 Å². The maximum atomic E-state index is 11.3. The van der Waals surface area contributed by atoms with Crippen molar-refractivity contribution in [3.05, 3.63) is 36.7 Å². The van der Waals surface area contributed by atoms with Gasteiger partial charge in [0.25, 0.3) is 0 Å². The predicted octanol–water partition coefficient (Wildman–Crippen LogP) is 1.60. The zero-order chi connectivity index (χ0) is 13.7. The van der Waals surface area contributed by atoms with Crippen molar-refractivity contribution in [3.8, 4) is 11.7 Å². The summed E-state index contributed by atoms with van der Waals surface area (Å²) in [5, 5.41) is 4.11. The highest BCUT2D eigenvalue weighted by Gasteiger charge is 2.09. The Morgan fingerprint density at radius 1 is 1.32 bits per heavy atom. The molecule has 2 rings (SSSR count). The summed E-state index contributed by atoms with van der Waals surface area (Å²) in [6, 6.07) is 9.65. The number of rotatable bonds is 5. The number of ether oxygens (including phenoxy) is 2. The van der Waals surface area contributed by atoms with Crippen molar-refractivity contribution in [2.75, 3.05) is 6.61 Å². The number of hydrogen-bond donors (Lipinski definition) is 0. The fourth-order valence-corrected chi connectivity index (χ4v) is 1.44. The molecular weight excluding hydrogens is 246 g/mol. The first-order valence-corrected chi connectivity index (χ1v) is 5.94. The molecule has 2 aromatic rings. The molecule has 0 unspecified atom stereocenters. The van der Waals surface area contributed by atoms with Crippen molar-refractivity contribution in [2.45, 2.75) is 20.0 Å².